The first-order valence-corrected chi connectivity index (χ1v) is 6.71. The van der Waals surface area contributed by atoms with E-state index in [2.05, 4.69) is 5.32 Å². The third-order valence-corrected chi connectivity index (χ3v) is 3.26. The number of hydrogen-bond donors (Lipinski definition) is 3. The number of nitrogens with one attached hydrogen (secondary N) is 1. The van der Waals surface area contributed by atoms with Crippen LogP contribution in [0, 0.1) is 0 Å². The van der Waals surface area contributed by atoms with E-state index in [-0.39, 0.29) is 0 Å². The average Bonchev–Trinajstić information content (AvgIpc) is 2.65. The molecule has 2 aliphatic rings. The molecule has 0 unspecified atom stereocenters. The summed E-state index contributed by atoms with van der Waals surface area (Å²) in [6.07, 6.45) is -4.21. The highest BCUT2D eigenvalue weighted by atomic mass is 16.8. The van der Waals surface area contributed by atoms with Gasteiger partial charge in [0.05, 0.1) is 6.04 Å². The van der Waals surface area contributed by atoms with Crippen LogP contribution in [0.15, 0.2) is 0 Å². The van der Waals surface area contributed by atoms with Gasteiger partial charge in [0.1, 0.15) is 30.0 Å². The lowest BCUT2D eigenvalue weighted by atomic mass is 10.2. The number of rotatable bonds is 1. The molecule has 7 nitrogen and oxygen atoms in total. The van der Waals surface area contributed by atoms with Crippen LogP contribution in [-0.4, -0.2) is 58.2 Å². The van der Waals surface area contributed by atoms with Crippen LogP contribution in [0.3, 0.4) is 0 Å². The number of fused-ring (bicyclic) bond motifs is 1. The Morgan fingerprint density at radius 1 is 1.15 bits per heavy atom. The van der Waals surface area contributed by atoms with Crippen molar-refractivity contribution in [3.8, 4) is 0 Å². The molecular formula is C13H23NO6. The first kappa shape index (κ1) is 15.5. The SMILES string of the molecule is CC(C)(C)OC(=O)N[C@H]1[C@@H](O)[C@H](O)[C@H]2OC(C)(C)O[C@@H]12. The Labute approximate surface area is 118 Å². The molecule has 1 aliphatic heterocycles. The summed E-state index contributed by atoms with van der Waals surface area (Å²) in [6.45, 7) is 8.67. The van der Waals surface area contributed by atoms with Gasteiger partial charge in [-0.05, 0) is 34.6 Å². The van der Waals surface area contributed by atoms with Crippen LogP contribution in [0.2, 0.25) is 0 Å². The van der Waals surface area contributed by atoms with Crippen molar-refractivity contribution in [3.05, 3.63) is 0 Å². The van der Waals surface area contributed by atoms with Gasteiger partial charge in [-0.15, -0.1) is 0 Å². The third-order valence-electron chi connectivity index (χ3n) is 3.26. The zero-order chi connectivity index (χ0) is 15.3. The van der Waals surface area contributed by atoms with Crippen LogP contribution in [-0.2, 0) is 14.2 Å². The van der Waals surface area contributed by atoms with E-state index in [0.717, 1.165) is 0 Å². The number of aliphatic hydroxyl groups excluding tert-OH is 2. The fourth-order valence-electron chi connectivity index (χ4n) is 2.57. The van der Waals surface area contributed by atoms with E-state index in [0.29, 0.717) is 0 Å². The molecule has 0 bridgehead atoms. The average molecular weight is 289 g/mol. The molecular weight excluding hydrogens is 266 g/mol. The monoisotopic (exact) mass is 289 g/mol. The normalized spacial score (nSPS) is 39.5. The molecule has 116 valence electrons. The fraction of sp³-hybridized carbons (Fsp3) is 0.923. The molecule has 7 heteroatoms. The number of hydrogen-bond acceptors (Lipinski definition) is 6. The van der Waals surface area contributed by atoms with Crippen molar-refractivity contribution in [1.29, 1.82) is 0 Å². The minimum Gasteiger partial charge on any atom is -0.444 e. The van der Waals surface area contributed by atoms with Crippen molar-refractivity contribution < 1.29 is 29.2 Å². The Morgan fingerprint density at radius 3 is 2.25 bits per heavy atom. The lowest BCUT2D eigenvalue weighted by molar-refractivity contribution is -0.176. The first-order chi connectivity index (χ1) is 9.00. The highest BCUT2D eigenvalue weighted by molar-refractivity contribution is 5.68. The van der Waals surface area contributed by atoms with Gasteiger partial charge in [-0.25, -0.2) is 4.79 Å². The molecule has 1 heterocycles. The van der Waals surface area contributed by atoms with Crippen LogP contribution < -0.4 is 5.32 Å². The number of carbonyl (C=O) groups excluding carboxylic acids is 1. The standard InChI is InChI=1S/C13H23NO6/c1-12(2,3)20-11(17)14-6-7(15)8(16)10-9(6)18-13(4,5)19-10/h6-10,15-16H,1-5H3,(H,14,17)/t6-,7+,8-,9-,10+/m0/s1. The zero-order valence-corrected chi connectivity index (χ0v) is 12.4. The Bertz CT molecular complexity index is 391. The molecule has 3 N–H and O–H groups in total. The Morgan fingerprint density at radius 2 is 1.70 bits per heavy atom. The first-order valence-electron chi connectivity index (χ1n) is 6.71. The number of alkyl carbamates (subject to hydrolysis) is 1. The predicted molar refractivity (Wildman–Crippen MR) is 69.0 cm³/mol. The maximum absolute atomic E-state index is 11.8. The summed E-state index contributed by atoms with van der Waals surface area (Å²) in [6, 6.07) is -0.772. The second-order valence-corrected chi connectivity index (χ2v) is 6.72. The molecule has 0 aromatic carbocycles. The number of carbonyl (C=O) groups is 1. The van der Waals surface area contributed by atoms with Gasteiger partial charge in [-0.3, -0.25) is 0 Å². The second kappa shape index (κ2) is 4.84. The van der Waals surface area contributed by atoms with E-state index in [9.17, 15) is 15.0 Å². The predicted octanol–water partition coefficient (Wildman–Crippen LogP) is 0.135. The topological polar surface area (TPSA) is 97.3 Å². The summed E-state index contributed by atoms with van der Waals surface area (Å²) >= 11 is 0. The number of ether oxygens (including phenoxy) is 3. The van der Waals surface area contributed by atoms with Crippen molar-refractivity contribution in [3.63, 3.8) is 0 Å². The second-order valence-electron chi connectivity index (χ2n) is 6.72. The number of aliphatic hydroxyl groups is 2. The van der Waals surface area contributed by atoms with Crippen LogP contribution in [0.25, 0.3) is 0 Å². The van der Waals surface area contributed by atoms with E-state index in [1.807, 2.05) is 0 Å². The molecule has 2 fully saturated rings. The van der Waals surface area contributed by atoms with Crippen LogP contribution in [0.1, 0.15) is 34.6 Å². The van der Waals surface area contributed by atoms with Crippen LogP contribution >= 0.6 is 0 Å². The summed E-state index contributed by atoms with van der Waals surface area (Å²) in [5.41, 5.74) is -0.641. The Balaban J connectivity index is 2.06. The molecule has 0 aromatic rings. The minimum absolute atomic E-state index is 0.609. The van der Waals surface area contributed by atoms with Gasteiger partial charge in [-0.1, -0.05) is 0 Å². The summed E-state index contributed by atoms with van der Waals surface area (Å²) in [5, 5.41) is 22.5. The van der Waals surface area contributed by atoms with Crippen LogP contribution in [0.4, 0.5) is 4.79 Å². The number of amides is 1. The molecule has 1 amide bonds. The van der Waals surface area contributed by atoms with Gasteiger partial charge in [0.2, 0.25) is 0 Å². The van der Waals surface area contributed by atoms with Gasteiger partial charge in [0.25, 0.3) is 0 Å². The summed E-state index contributed by atoms with van der Waals surface area (Å²) < 4.78 is 16.3. The van der Waals surface area contributed by atoms with Crippen molar-refractivity contribution in [2.24, 2.45) is 0 Å². The van der Waals surface area contributed by atoms with Gasteiger partial charge >= 0.3 is 6.09 Å². The Kier molecular flexibility index (Phi) is 3.75. The molecule has 1 saturated heterocycles. The van der Waals surface area contributed by atoms with Crippen molar-refractivity contribution in [2.45, 2.75) is 76.5 Å². The van der Waals surface area contributed by atoms with E-state index in [1.54, 1.807) is 34.6 Å². The lowest BCUT2D eigenvalue weighted by Gasteiger charge is -2.27. The highest BCUT2D eigenvalue weighted by Gasteiger charge is 2.59. The van der Waals surface area contributed by atoms with E-state index < -0.39 is 47.9 Å². The molecule has 5 atom stereocenters. The zero-order valence-electron chi connectivity index (χ0n) is 12.4. The van der Waals surface area contributed by atoms with Crippen molar-refractivity contribution >= 4 is 6.09 Å². The van der Waals surface area contributed by atoms with Gasteiger partial charge in [0.15, 0.2) is 5.79 Å². The maximum Gasteiger partial charge on any atom is 0.408 e. The largest absolute Gasteiger partial charge is 0.444 e. The molecule has 1 saturated carbocycles. The quantitative estimate of drug-likeness (QED) is 0.635. The summed E-state index contributed by atoms with van der Waals surface area (Å²) in [7, 11) is 0. The molecule has 0 aromatic heterocycles. The highest BCUT2D eigenvalue weighted by Crippen LogP contribution is 2.38. The van der Waals surface area contributed by atoms with Crippen LogP contribution in [0.5, 0.6) is 0 Å². The molecule has 20 heavy (non-hydrogen) atoms. The molecule has 2 rings (SSSR count). The fourth-order valence-corrected chi connectivity index (χ4v) is 2.57. The van der Waals surface area contributed by atoms with E-state index in [1.165, 1.54) is 0 Å². The molecule has 0 radical (unpaired) electrons. The molecule has 1 aliphatic carbocycles. The summed E-state index contributed by atoms with van der Waals surface area (Å²) in [4.78, 5) is 11.8. The summed E-state index contributed by atoms with van der Waals surface area (Å²) in [5.74, 6) is -0.857. The van der Waals surface area contributed by atoms with E-state index in [4.69, 9.17) is 14.2 Å². The lowest BCUT2D eigenvalue weighted by Crippen LogP contribution is -2.50. The van der Waals surface area contributed by atoms with Gasteiger partial charge in [0, 0.05) is 0 Å². The van der Waals surface area contributed by atoms with Crippen molar-refractivity contribution in [1.82, 2.24) is 5.32 Å². The van der Waals surface area contributed by atoms with E-state index >= 15 is 0 Å². The van der Waals surface area contributed by atoms with Crippen molar-refractivity contribution in [2.75, 3.05) is 0 Å². The molecule has 0 spiro atoms. The third kappa shape index (κ3) is 3.06. The van der Waals surface area contributed by atoms with Gasteiger partial charge < -0.3 is 29.7 Å². The Hall–Kier alpha value is -0.890. The minimum atomic E-state index is -1.16. The maximum atomic E-state index is 11.8. The van der Waals surface area contributed by atoms with Gasteiger partial charge in [-0.2, -0.15) is 0 Å². The smallest absolute Gasteiger partial charge is 0.408 e.